The van der Waals surface area contributed by atoms with Gasteiger partial charge in [0.25, 0.3) is 0 Å². The van der Waals surface area contributed by atoms with E-state index in [0.29, 0.717) is 5.52 Å². The lowest BCUT2D eigenvalue weighted by atomic mass is 10.1. The number of nitrogens with zero attached hydrogens (tertiary/aromatic N) is 5. The first-order valence-corrected chi connectivity index (χ1v) is 9.45. The second-order valence-electron chi connectivity index (χ2n) is 6.51. The molecule has 0 N–H and O–H groups in total. The maximum atomic E-state index is 13.0. The second kappa shape index (κ2) is 6.95. The fourth-order valence-electron chi connectivity index (χ4n) is 3.35. The van der Waals surface area contributed by atoms with Gasteiger partial charge in [0, 0.05) is 55.0 Å². The van der Waals surface area contributed by atoms with Crippen LogP contribution in [0.3, 0.4) is 0 Å². The zero-order valence-electron chi connectivity index (χ0n) is 14.7. The molecule has 9 heteroatoms. The highest BCUT2D eigenvalue weighted by atomic mass is 32.1. The van der Waals surface area contributed by atoms with Crippen molar-refractivity contribution in [3.63, 3.8) is 0 Å². The number of alkyl halides is 3. The SMILES string of the molecule is Cc1nsc(N2CCCN(c3ccnc4cc(C(F)(F)F)ccc34)CC2)n1. The molecule has 0 aliphatic carbocycles. The Balaban J connectivity index is 1.60. The summed E-state index contributed by atoms with van der Waals surface area (Å²) in [5.41, 5.74) is 0.612. The normalized spacial score (nSPS) is 16.0. The molecule has 0 radical (unpaired) electrons. The molecule has 1 saturated heterocycles. The van der Waals surface area contributed by atoms with Crippen molar-refractivity contribution in [2.24, 2.45) is 0 Å². The van der Waals surface area contributed by atoms with Crippen LogP contribution in [0.2, 0.25) is 0 Å². The third kappa shape index (κ3) is 3.69. The Kier molecular flexibility index (Phi) is 4.63. The topological polar surface area (TPSA) is 45.2 Å². The molecule has 0 saturated carbocycles. The van der Waals surface area contributed by atoms with Crippen molar-refractivity contribution in [1.29, 1.82) is 0 Å². The van der Waals surface area contributed by atoms with E-state index in [1.165, 1.54) is 17.6 Å². The number of rotatable bonds is 2. The predicted octanol–water partition coefficient (Wildman–Crippen LogP) is 4.13. The summed E-state index contributed by atoms with van der Waals surface area (Å²) in [6.07, 6.45) is -1.85. The summed E-state index contributed by atoms with van der Waals surface area (Å²) in [7, 11) is 0. The van der Waals surface area contributed by atoms with Crippen molar-refractivity contribution in [2.45, 2.75) is 19.5 Å². The van der Waals surface area contributed by atoms with E-state index in [-0.39, 0.29) is 0 Å². The fraction of sp³-hybridized carbons (Fsp3) is 0.389. The zero-order chi connectivity index (χ0) is 19.0. The average molecular weight is 393 g/mol. The second-order valence-corrected chi connectivity index (χ2v) is 7.24. The number of hydrogen-bond donors (Lipinski definition) is 0. The molecular formula is C18H18F3N5S. The van der Waals surface area contributed by atoms with Gasteiger partial charge < -0.3 is 9.80 Å². The lowest BCUT2D eigenvalue weighted by Crippen LogP contribution is -2.30. The Morgan fingerprint density at radius 1 is 1.04 bits per heavy atom. The highest BCUT2D eigenvalue weighted by Crippen LogP contribution is 2.34. The Bertz CT molecular complexity index is 956. The number of hydrogen-bond acceptors (Lipinski definition) is 6. The van der Waals surface area contributed by atoms with Crippen molar-refractivity contribution in [1.82, 2.24) is 14.3 Å². The van der Waals surface area contributed by atoms with E-state index in [1.54, 1.807) is 6.20 Å². The lowest BCUT2D eigenvalue weighted by Gasteiger charge is -2.24. The van der Waals surface area contributed by atoms with Crippen LogP contribution in [0.1, 0.15) is 17.8 Å². The number of anilines is 2. The predicted molar refractivity (Wildman–Crippen MR) is 100 cm³/mol. The summed E-state index contributed by atoms with van der Waals surface area (Å²) >= 11 is 1.40. The van der Waals surface area contributed by atoms with E-state index in [4.69, 9.17) is 0 Å². The van der Waals surface area contributed by atoms with Gasteiger partial charge in [-0.25, -0.2) is 4.98 Å². The molecule has 0 amide bonds. The van der Waals surface area contributed by atoms with Gasteiger partial charge in [-0.3, -0.25) is 4.98 Å². The molecule has 0 bridgehead atoms. The Hall–Kier alpha value is -2.42. The van der Waals surface area contributed by atoms with E-state index in [9.17, 15) is 13.2 Å². The first-order chi connectivity index (χ1) is 12.9. The fourth-order valence-corrected chi connectivity index (χ4v) is 4.07. The quantitative estimate of drug-likeness (QED) is 0.655. The molecule has 0 spiro atoms. The van der Waals surface area contributed by atoms with Gasteiger partial charge in [-0.1, -0.05) is 6.07 Å². The van der Waals surface area contributed by atoms with Crippen LogP contribution in [0.15, 0.2) is 30.5 Å². The molecule has 3 heterocycles. The van der Waals surface area contributed by atoms with Crippen LogP contribution in [-0.2, 0) is 6.18 Å². The molecule has 142 valence electrons. The van der Waals surface area contributed by atoms with E-state index in [0.717, 1.165) is 66.8 Å². The summed E-state index contributed by atoms with van der Waals surface area (Å²) in [4.78, 5) is 13.0. The molecule has 1 aliphatic rings. The number of halogens is 3. The molecule has 5 nitrogen and oxygen atoms in total. The largest absolute Gasteiger partial charge is 0.416 e. The van der Waals surface area contributed by atoms with Gasteiger partial charge in [-0.05, 0) is 31.5 Å². The van der Waals surface area contributed by atoms with Crippen LogP contribution >= 0.6 is 11.5 Å². The van der Waals surface area contributed by atoms with E-state index in [2.05, 4.69) is 24.1 Å². The van der Waals surface area contributed by atoms with E-state index in [1.807, 2.05) is 13.0 Å². The molecule has 3 aromatic rings. The molecule has 4 rings (SSSR count). The minimum Gasteiger partial charge on any atom is -0.369 e. The first-order valence-electron chi connectivity index (χ1n) is 8.68. The van der Waals surface area contributed by atoms with Crippen molar-refractivity contribution in [3.8, 4) is 0 Å². The third-order valence-corrected chi connectivity index (χ3v) is 5.54. The van der Waals surface area contributed by atoms with Gasteiger partial charge in [0.2, 0.25) is 5.13 Å². The van der Waals surface area contributed by atoms with E-state index >= 15 is 0 Å². The monoisotopic (exact) mass is 393 g/mol. The van der Waals surface area contributed by atoms with Gasteiger partial charge in [-0.15, -0.1) is 0 Å². The third-order valence-electron chi connectivity index (χ3n) is 4.67. The maximum Gasteiger partial charge on any atom is 0.416 e. The highest BCUT2D eigenvalue weighted by molar-refractivity contribution is 7.09. The van der Waals surface area contributed by atoms with Crippen LogP contribution in [0.5, 0.6) is 0 Å². The summed E-state index contributed by atoms with van der Waals surface area (Å²) in [5, 5.41) is 1.66. The van der Waals surface area contributed by atoms with Crippen LogP contribution in [-0.4, -0.2) is 40.5 Å². The Morgan fingerprint density at radius 3 is 2.56 bits per heavy atom. The Morgan fingerprint density at radius 2 is 1.81 bits per heavy atom. The van der Waals surface area contributed by atoms with Crippen molar-refractivity contribution in [2.75, 3.05) is 36.0 Å². The van der Waals surface area contributed by atoms with Gasteiger partial charge in [0.1, 0.15) is 5.82 Å². The van der Waals surface area contributed by atoms with Crippen LogP contribution in [0.4, 0.5) is 24.0 Å². The van der Waals surface area contributed by atoms with Crippen molar-refractivity contribution < 1.29 is 13.2 Å². The summed E-state index contributed by atoms with van der Waals surface area (Å²) in [5.74, 6) is 0.775. The molecule has 1 aliphatic heterocycles. The van der Waals surface area contributed by atoms with Gasteiger partial charge in [0.05, 0.1) is 11.1 Å². The minimum absolute atomic E-state index is 0.364. The number of aromatic nitrogens is 3. The average Bonchev–Trinajstić information content (AvgIpc) is 2.92. The standard InChI is InChI=1S/C18H18F3N5S/c1-12-23-17(27-24-12)26-8-2-7-25(9-10-26)16-5-6-22-15-11-13(18(19,20)21)3-4-14(15)16/h3-6,11H,2,7-10H2,1H3. The maximum absolute atomic E-state index is 13.0. The molecule has 0 atom stereocenters. The van der Waals surface area contributed by atoms with Crippen molar-refractivity contribution in [3.05, 3.63) is 41.9 Å². The van der Waals surface area contributed by atoms with Gasteiger partial charge in [-0.2, -0.15) is 17.5 Å². The first kappa shape index (κ1) is 18.0. The number of benzene rings is 1. The van der Waals surface area contributed by atoms with E-state index < -0.39 is 11.7 Å². The van der Waals surface area contributed by atoms with Crippen LogP contribution in [0.25, 0.3) is 10.9 Å². The zero-order valence-corrected chi connectivity index (χ0v) is 15.5. The van der Waals surface area contributed by atoms with Crippen LogP contribution < -0.4 is 9.80 Å². The van der Waals surface area contributed by atoms with Crippen LogP contribution in [0, 0.1) is 6.92 Å². The Labute approximate surface area is 158 Å². The number of aryl methyl sites for hydroxylation is 1. The molecule has 1 fully saturated rings. The summed E-state index contributed by atoms with van der Waals surface area (Å²) in [6, 6.07) is 5.65. The van der Waals surface area contributed by atoms with Crippen molar-refractivity contribution >= 4 is 33.3 Å². The number of pyridine rings is 1. The minimum atomic E-state index is -4.37. The molecule has 1 aromatic carbocycles. The number of fused-ring (bicyclic) bond motifs is 1. The highest BCUT2D eigenvalue weighted by Gasteiger charge is 2.31. The molecule has 0 unspecified atom stereocenters. The van der Waals surface area contributed by atoms with Gasteiger partial charge in [0.15, 0.2) is 0 Å². The molecular weight excluding hydrogens is 375 g/mol. The summed E-state index contributed by atoms with van der Waals surface area (Å²) in [6.45, 7) is 5.14. The molecule has 27 heavy (non-hydrogen) atoms. The molecule has 2 aromatic heterocycles. The summed E-state index contributed by atoms with van der Waals surface area (Å²) < 4.78 is 43.2. The smallest absolute Gasteiger partial charge is 0.369 e. The lowest BCUT2D eigenvalue weighted by molar-refractivity contribution is -0.137. The van der Waals surface area contributed by atoms with Gasteiger partial charge >= 0.3 is 6.18 Å².